The van der Waals surface area contributed by atoms with E-state index in [0.717, 1.165) is 27.0 Å². The third-order valence-electron chi connectivity index (χ3n) is 5.24. The number of hydrogen-bond donors (Lipinski definition) is 0. The molecule has 0 aliphatic rings. The highest BCUT2D eigenvalue weighted by Gasteiger charge is 2.24. The lowest BCUT2D eigenvalue weighted by Gasteiger charge is -2.14. The fourth-order valence-electron chi connectivity index (χ4n) is 3.55. The summed E-state index contributed by atoms with van der Waals surface area (Å²) < 4.78 is 2.82. The molecule has 0 saturated heterocycles. The maximum atomic E-state index is 13.6. The minimum atomic E-state index is -0.139. The summed E-state index contributed by atoms with van der Waals surface area (Å²) in [4.78, 5) is 19.9. The van der Waals surface area contributed by atoms with Gasteiger partial charge in [0.1, 0.15) is 5.69 Å². The molecule has 5 aromatic rings. The molecular weight excluding hydrogens is 404 g/mol. The maximum Gasteiger partial charge on any atom is 0.263 e. The molecule has 0 radical (unpaired) electrons. The van der Waals surface area contributed by atoms with Gasteiger partial charge in [0.15, 0.2) is 5.13 Å². The number of hydrogen-bond acceptors (Lipinski definition) is 4. The number of nitrogens with zero attached hydrogens (tertiary/aromatic N) is 4. The van der Waals surface area contributed by atoms with Crippen LogP contribution in [0.3, 0.4) is 0 Å². The first-order valence-corrected chi connectivity index (χ1v) is 10.8. The molecule has 0 spiro atoms. The Hall–Kier alpha value is -3.77. The fourth-order valence-corrected chi connectivity index (χ4v) is 4.48. The van der Waals surface area contributed by atoms with Gasteiger partial charge in [-0.15, -0.1) is 0 Å². The van der Waals surface area contributed by atoms with Gasteiger partial charge in [-0.2, -0.15) is 5.10 Å². The number of aromatic nitrogens is 3. The molecule has 6 heteroatoms. The number of fused-ring (bicyclic) bond motifs is 1. The van der Waals surface area contributed by atoms with Crippen LogP contribution in [-0.4, -0.2) is 27.7 Å². The van der Waals surface area contributed by atoms with Crippen LogP contribution >= 0.6 is 11.3 Å². The highest BCUT2D eigenvalue weighted by molar-refractivity contribution is 7.22. The average molecular weight is 425 g/mol. The molecule has 0 saturated carbocycles. The zero-order valence-corrected chi connectivity index (χ0v) is 18.0. The van der Waals surface area contributed by atoms with E-state index in [1.165, 1.54) is 11.3 Å². The van der Waals surface area contributed by atoms with E-state index in [4.69, 9.17) is 5.10 Å². The second kappa shape index (κ2) is 7.81. The number of aryl methyl sites for hydroxylation is 1. The van der Waals surface area contributed by atoms with Gasteiger partial charge in [-0.3, -0.25) is 9.69 Å². The lowest BCUT2D eigenvalue weighted by Crippen LogP contribution is -2.26. The Balaban J connectivity index is 1.62. The van der Waals surface area contributed by atoms with Crippen LogP contribution in [0.4, 0.5) is 5.13 Å². The Bertz CT molecular complexity index is 1350. The highest BCUT2D eigenvalue weighted by atomic mass is 32.1. The van der Waals surface area contributed by atoms with Crippen LogP contribution in [0.15, 0.2) is 85.1 Å². The van der Waals surface area contributed by atoms with E-state index in [1.54, 1.807) is 16.6 Å². The zero-order chi connectivity index (χ0) is 21.4. The maximum absolute atomic E-state index is 13.6. The molecule has 0 fully saturated rings. The van der Waals surface area contributed by atoms with Crippen LogP contribution < -0.4 is 4.90 Å². The van der Waals surface area contributed by atoms with E-state index in [2.05, 4.69) is 4.98 Å². The summed E-state index contributed by atoms with van der Waals surface area (Å²) in [5.74, 6) is -0.139. The first-order valence-electron chi connectivity index (χ1n) is 9.96. The van der Waals surface area contributed by atoms with Gasteiger partial charge in [-0.1, -0.05) is 65.9 Å². The summed E-state index contributed by atoms with van der Waals surface area (Å²) >= 11 is 1.50. The van der Waals surface area contributed by atoms with Crippen molar-refractivity contribution in [1.29, 1.82) is 0 Å². The van der Waals surface area contributed by atoms with Gasteiger partial charge in [-0.05, 0) is 36.8 Å². The number of thiazole rings is 1. The van der Waals surface area contributed by atoms with E-state index in [1.807, 2.05) is 92.0 Å². The Morgan fingerprint density at radius 2 is 1.65 bits per heavy atom. The van der Waals surface area contributed by atoms with Crippen molar-refractivity contribution in [3.63, 3.8) is 0 Å². The normalized spacial score (nSPS) is 11.0. The van der Waals surface area contributed by atoms with Crippen molar-refractivity contribution in [3.05, 3.63) is 96.2 Å². The van der Waals surface area contributed by atoms with Gasteiger partial charge in [0.05, 0.1) is 21.5 Å². The lowest BCUT2D eigenvalue weighted by molar-refractivity contribution is 0.0993. The summed E-state index contributed by atoms with van der Waals surface area (Å²) in [6.45, 7) is 2.03. The van der Waals surface area contributed by atoms with Gasteiger partial charge < -0.3 is 0 Å². The number of carbonyl (C=O) groups excluding carboxylic acids is 1. The predicted molar refractivity (Wildman–Crippen MR) is 126 cm³/mol. The molecule has 0 aliphatic carbocycles. The smallest absolute Gasteiger partial charge is 0.263 e. The standard InChI is InChI=1S/C25H20N4OS/c1-17-10-6-7-13-19(17)23-20(16-29(27-23)18-11-4-3-5-12-18)24(30)28(2)25-26-21-14-8-9-15-22(21)31-25/h3-16H,1-2H3. The van der Waals surface area contributed by atoms with Crippen molar-refractivity contribution in [2.45, 2.75) is 6.92 Å². The molecule has 0 unspecified atom stereocenters. The number of anilines is 1. The molecule has 0 aliphatic heterocycles. The Labute approximate surface area is 184 Å². The Morgan fingerprint density at radius 3 is 2.42 bits per heavy atom. The van der Waals surface area contributed by atoms with Gasteiger partial charge in [0.25, 0.3) is 5.91 Å². The molecule has 31 heavy (non-hydrogen) atoms. The zero-order valence-electron chi connectivity index (χ0n) is 17.2. The molecule has 3 aromatic carbocycles. The quantitative estimate of drug-likeness (QED) is 0.370. The topological polar surface area (TPSA) is 51.0 Å². The minimum Gasteiger partial charge on any atom is -0.287 e. The molecule has 0 N–H and O–H groups in total. The van der Waals surface area contributed by atoms with Crippen LogP contribution in [0, 0.1) is 6.92 Å². The first-order chi connectivity index (χ1) is 15.1. The highest BCUT2D eigenvalue weighted by Crippen LogP contribution is 2.31. The monoisotopic (exact) mass is 424 g/mol. The van der Waals surface area contributed by atoms with E-state index >= 15 is 0 Å². The van der Waals surface area contributed by atoms with Crippen LogP contribution in [0.25, 0.3) is 27.2 Å². The summed E-state index contributed by atoms with van der Waals surface area (Å²) in [7, 11) is 1.77. The summed E-state index contributed by atoms with van der Waals surface area (Å²) in [6, 6.07) is 25.7. The third kappa shape index (κ3) is 3.51. The summed E-state index contributed by atoms with van der Waals surface area (Å²) in [5.41, 5.74) is 5.01. The van der Waals surface area contributed by atoms with E-state index < -0.39 is 0 Å². The average Bonchev–Trinajstić information content (AvgIpc) is 3.44. The van der Waals surface area contributed by atoms with E-state index in [9.17, 15) is 4.79 Å². The van der Waals surface area contributed by atoms with Crippen LogP contribution in [0.1, 0.15) is 15.9 Å². The van der Waals surface area contributed by atoms with Crippen molar-refractivity contribution in [2.75, 3.05) is 11.9 Å². The fraction of sp³-hybridized carbons (Fsp3) is 0.0800. The van der Waals surface area contributed by atoms with Crippen molar-refractivity contribution in [2.24, 2.45) is 0 Å². The van der Waals surface area contributed by atoms with E-state index in [-0.39, 0.29) is 5.91 Å². The van der Waals surface area contributed by atoms with Gasteiger partial charge in [-0.25, -0.2) is 9.67 Å². The largest absolute Gasteiger partial charge is 0.287 e. The summed E-state index contributed by atoms with van der Waals surface area (Å²) in [5, 5.41) is 5.47. The summed E-state index contributed by atoms with van der Waals surface area (Å²) in [6.07, 6.45) is 1.81. The van der Waals surface area contributed by atoms with Crippen LogP contribution in [-0.2, 0) is 0 Å². The molecule has 5 nitrogen and oxygen atoms in total. The molecule has 0 bridgehead atoms. The second-order valence-corrected chi connectivity index (χ2v) is 8.32. The van der Waals surface area contributed by atoms with Crippen molar-refractivity contribution in [3.8, 4) is 16.9 Å². The SMILES string of the molecule is Cc1ccccc1-c1nn(-c2ccccc2)cc1C(=O)N(C)c1nc2ccccc2s1. The van der Waals surface area contributed by atoms with Crippen LogP contribution in [0.5, 0.6) is 0 Å². The van der Waals surface area contributed by atoms with Crippen molar-refractivity contribution in [1.82, 2.24) is 14.8 Å². The Morgan fingerprint density at radius 1 is 0.935 bits per heavy atom. The van der Waals surface area contributed by atoms with Crippen molar-refractivity contribution >= 4 is 32.6 Å². The molecular formula is C25H20N4OS. The number of benzene rings is 3. The van der Waals surface area contributed by atoms with Crippen LogP contribution in [0.2, 0.25) is 0 Å². The molecule has 5 rings (SSSR count). The Kier molecular flexibility index (Phi) is 4.84. The second-order valence-electron chi connectivity index (χ2n) is 7.31. The number of amides is 1. The molecule has 2 aromatic heterocycles. The number of rotatable bonds is 4. The number of para-hydroxylation sites is 2. The van der Waals surface area contributed by atoms with Crippen molar-refractivity contribution < 1.29 is 4.79 Å². The lowest BCUT2D eigenvalue weighted by atomic mass is 10.0. The van der Waals surface area contributed by atoms with Gasteiger partial charge in [0.2, 0.25) is 0 Å². The molecule has 152 valence electrons. The van der Waals surface area contributed by atoms with Gasteiger partial charge >= 0.3 is 0 Å². The number of carbonyl (C=O) groups is 1. The molecule has 0 atom stereocenters. The molecule has 1 amide bonds. The van der Waals surface area contributed by atoms with E-state index in [0.29, 0.717) is 16.4 Å². The van der Waals surface area contributed by atoms with Gasteiger partial charge in [0, 0.05) is 18.8 Å². The minimum absolute atomic E-state index is 0.139. The first kappa shape index (κ1) is 19.2. The third-order valence-corrected chi connectivity index (χ3v) is 6.35. The predicted octanol–water partition coefficient (Wildman–Crippen LogP) is 5.73. The molecule has 2 heterocycles.